The predicted octanol–water partition coefficient (Wildman–Crippen LogP) is 2.81. The van der Waals surface area contributed by atoms with Crippen molar-refractivity contribution in [2.45, 2.75) is 31.9 Å². The summed E-state index contributed by atoms with van der Waals surface area (Å²) in [5, 5.41) is 0. The second-order valence-electron chi connectivity index (χ2n) is 6.27. The summed E-state index contributed by atoms with van der Waals surface area (Å²) < 4.78 is 5.92. The maximum Gasteiger partial charge on any atom is 0.255 e. The topological polar surface area (TPSA) is 55.3 Å². The Morgan fingerprint density at radius 2 is 2.28 bits per heavy atom. The quantitative estimate of drug-likeness (QED) is 0.761. The first-order valence-electron chi connectivity index (χ1n) is 8.54. The van der Waals surface area contributed by atoms with Crippen molar-refractivity contribution in [2.75, 3.05) is 13.2 Å². The standard InChI is InChI=1S/C20H23N3O2/c1-3-11-25-19-8-10-23(18(19)12-16-5-4-9-21-13-16)20(24)17-7-6-15(2)22-14-17/h3-7,9,13-14,18-19H,1,8,10-12H2,2H3/t18-,19-/m1/s1. The molecular formula is C20H23N3O2. The number of aromatic nitrogens is 2. The highest BCUT2D eigenvalue weighted by Crippen LogP contribution is 2.26. The van der Waals surface area contributed by atoms with Crippen molar-refractivity contribution in [3.05, 3.63) is 72.3 Å². The predicted molar refractivity (Wildman–Crippen MR) is 96.3 cm³/mol. The minimum atomic E-state index is -0.0158. The van der Waals surface area contributed by atoms with Crippen LogP contribution < -0.4 is 0 Å². The van der Waals surface area contributed by atoms with Crippen LogP contribution in [0.25, 0.3) is 0 Å². The van der Waals surface area contributed by atoms with Gasteiger partial charge in [-0.1, -0.05) is 12.1 Å². The lowest BCUT2D eigenvalue weighted by Crippen LogP contribution is -2.42. The van der Waals surface area contributed by atoms with Gasteiger partial charge in [0.1, 0.15) is 0 Å². The van der Waals surface area contributed by atoms with Crippen LogP contribution in [-0.2, 0) is 11.2 Å². The lowest BCUT2D eigenvalue weighted by atomic mass is 10.0. The molecule has 5 heteroatoms. The van der Waals surface area contributed by atoms with E-state index in [4.69, 9.17) is 4.74 Å². The Kier molecular flexibility index (Phi) is 5.56. The third-order valence-electron chi connectivity index (χ3n) is 4.50. The van der Waals surface area contributed by atoms with Gasteiger partial charge in [-0.05, 0) is 43.5 Å². The Hall–Kier alpha value is -2.53. The summed E-state index contributed by atoms with van der Waals surface area (Å²) in [7, 11) is 0. The van der Waals surface area contributed by atoms with E-state index in [1.165, 1.54) is 0 Å². The Morgan fingerprint density at radius 3 is 2.96 bits per heavy atom. The minimum absolute atomic E-state index is 0.000522. The largest absolute Gasteiger partial charge is 0.372 e. The smallest absolute Gasteiger partial charge is 0.255 e. The van der Waals surface area contributed by atoms with E-state index in [1.807, 2.05) is 42.3 Å². The Labute approximate surface area is 148 Å². The average molecular weight is 337 g/mol. The molecule has 5 nitrogen and oxygen atoms in total. The molecule has 3 rings (SSSR count). The zero-order chi connectivity index (χ0) is 17.6. The fourth-order valence-corrected chi connectivity index (χ4v) is 3.23. The molecule has 1 aliphatic heterocycles. The van der Waals surface area contributed by atoms with Crippen molar-refractivity contribution in [1.29, 1.82) is 0 Å². The molecule has 2 atom stereocenters. The summed E-state index contributed by atoms with van der Waals surface area (Å²) in [6.07, 6.45) is 8.54. The Bertz CT molecular complexity index is 715. The van der Waals surface area contributed by atoms with E-state index < -0.39 is 0 Å². The second kappa shape index (κ2) is 8.03. The van der Waals surface area contributed by atoms with Crippen molar-refractivity contribution in [1.82, 2.24) is 14.9 Å². The maximum absolute atomic E-state index is 13.0. The summed E-state index contributed by atoms with van der Waals surface area (Å²) in [5.74, 6) is 0.00564. The molecule has 130 valence electrons. The van der Waals surface area contributed by atoms with E-state index in [0.29, 0.717) is 18.7 Å². The van der Waals surface area contributed by atoms with E-state index in [2.05, 4.69) is 16.5 Å². The number of pyridine rings is 2. The zero-order valence-corrected chi connectivity index (χ0v) is 14.5. The summed E-state index contributed by atoms with van der Waals surface area (Å²) in [4.78, 5) is 23.3. The Balaban J connectivity index is 1.81. The van der Waals surface area contributed by atoms with Crippen LogP contribution in [0.15, 0.2) is 55.5 Å². The first-order valence-corrected chi connectivity index (χ1v) is 8.54. The molecule has 1 saturated heterocycles. The van der Waals surface area contributed by atoms with Gasteiger partial charge in [-0.2, -0.15) is 0 Å². The molecule has 2 aromatic heterocycles. The summed E-state index contributed by atoms with van der Waals surface area (Å²) in [6.45, 7) is 6.80. The first-order chi connectivity index (χ1) is 12.2. The molecule has 0 aliphatic carbocycles. The molecule has 3 heterocycles. The second-order valence-corrected chi connectivity index (χ2v) is 6.27. The highest BCUT2D eigenvalue weighted by Gasteiger charge is 2.38. The molecule has 0 bridgehead atoms. The highest BCUT2D eigenvalue weighted by molar-refractivity contribution is 5.94. The molecule has 1 aliphatic rings. The molecular weight excluding hydrogens is 314 g/mol. The normalized spacial score (nSPS) is 19.8. The van der Waals surface area contributed by atoms with Gasteiger partial charge < -0.3 is 9.64 Å². The molecule has 0 N–H and O–H groups in total. The van der Waals surface area contributed by atoms with Crippen LogP contribution in [0.1, 0.15) is 28.0 Å². The SMILES string of the molecule is C=CCO[C@@H]1CCN(C(=O)c2ccc(C)nc2)[C@@H]1Cc1cccnc1. The lowest BCUT2D eigenvalue weighted by molar-refractivity contribution is 0.0379. The lowest BCUT2D eigenvalue weighted by Gasteiger charge is -2.28. The van der Waals surface area contributed by atoms with Gasteiger partial charge in [0.05, 0.1) is 24.3 Å². The maximum atomic E-state index is 13.0. The summed E-state index contributed by atoms with van der Waals surface area (Å²) in [6, 6.07) is 7.64. The van der Waals surface area contributed by atoms with Crippen molar-refractivity contribution in [2.24, 2.45) is 0 Å². The van der Waals surface area contributed by atoms with Gasteiger partial charge in [-0.3, -0.25) is 14.8 Å². The number of hydrogen-bond acceptors (Lipinski definition) is 4. The van der Waals surface area contributed by atoms with Gasteiger partial charge in [0.25, 0.3) is 5.91 Å². The summed E-state index contributed by atoms with van der Waals surface area (Å²) in [5.41, 5.74) is 2.62. The number of carbonyl (C=O) groups excluding carboxylic acids is 1. The van der Waals surface area contributed by atoms with Crippen molar-refractivity contribution >= 4 is 5.91 Å². The van der Waals surface area contributed by atoms with Gasteiger partial charge in [0, 0.05) is 30.8 Å². The number of hydrogen-bond donors (Lipinski definition) is 0. The van der Waals surface area contributed by atoms with Gasteiger partial charge in [0.2, 0.25) is 0 Å². The fourth-order valence-electron chi connectivity index (χ4n) is 3.23. The van der Waals surface area contributed by atoms with Crippen LogP contribution in [0.5, 0.6) is 0 Å². The molecule has 1 fully saturated rings. The van der Waals surface area contributed by atoms with Crippen molar-refractivity contribution in [3.63, 3.8) is 0 Å². The van der Waals surface area contributed by atoms with Crippen molar-refractivity contribution < 1.29 is 9.53 Å². The number of likely N-dealkylation sites (tertiary alicyclic amines) is 1. The first kappa shape index (κ1) is 17.3. The average Bonchev–Trinajstić information content (AvgIpc) is 3.03. The molecule has 2 aromatic rings. The molecule has 0 aromatic carbocycles. The molecule has 1 amide bonds. The number of nitrogens with zero attached hydrogens (tertiary/aromatic N) is 3. The van der Waals surface area contributed by atoms with Crippen LogP contribution in [0, 0.1) is 6.92 Å². The highest BCUT2D eigenvalue weighted by atomic mass is 16.5. The van der Waals surface area contributed by atoms with Gasteiger partial charge in [0.15, 0.2) is 0 Å². The van der Waals surface area contributed by atoms with E-state index in [-0.39, 0.29) is 18.1 Å². The number of rotatable bonds is 6. The molecule has 0 radical (unpaired) electrons. The Morgan fingerprint density at radius 1 is 1.40 bits per heavy atom. The third-order valence-corrected chi connectivity index (χ3v) is 4.50. The van der Waals surface area contributed by atoms with Crippen LogP contribution in [-0.4, -0.2) is 46.1 Å². The fraction of sp³-hybridized carbons (Fsp3) is 0.350. The zero-order valence-electron chi connectivity index (χ0n) is 14.5. The van der Waals surface area contributed by atoms with Gasteiger partial charge in [-0.15, -0.1) is 6.58 Å². The number of carbonyl (C=O) groups is 1. The molecule has 25 heavy (non-hydrogen) atoms. The van der Waals surface area contributed by atoms with E-state index in [0.717, 1.165) is 24.1 Å². The third kappa shape index (κ3) is 4.12. The van der Waals surface area contributed by atoms with Crippen molar-refractivity contribution in [3.8, 4) is 0 Å². The van der Waals surface area contributed by atoms with Gasteiger partial charge in [-0.25, -0.2) is 0 Å². The van der Waals surface area contributed by atoms with E-state index in [1.54, 1.807) is 18.5 Å². The minimum Gasteiger partial charge on any atom is -0.372 e. The van der Waals surface area contributed by atoms with E-state index >= 15 is 0 Å². The number of aryl methyl sites for hydroxylation is 1. The van der Waals surface area contributed by atoms with E-state index in [9.17, 15) is 4.79 Å². The monoisotopic (exact) mass is 337 g/mol. The molecule has 0 unspecified atom stereocenters. The van der Waals surface area contributed by atoms with Crippen LogP contribution in [0.3, 0.4) is 0 Å². The summed E-state index contributed by atoms with van der Waals surface area (Å²) >= 11 is 0. The van der Waals surface area contributed by atoms with Crippen LogP contribution >= 0.6 is 0 Å². The van der Waals surface area contributed by atoms with Crippen LogP contribution in [0.4, 0.5) is 0 Å². The number of amides is 1. The number of ether oxygens (including phenoxy) is 1. The molecule has 0 spiro atoms. The molecule has 0 saturated carbocycles. The van der Waals surface area contributed by atoms with Gasteiger partial charge >= 0.3 is 0 Å². The van der Waals surface area contributed by atoms with Crippen LogP contribution in [0.2, 0.25) is 0 Å².